The SMILES string of the molecule is CCS(=O)(=O)N1C(=O)CCC1=O. The van der Waals surface area contributed by atoms with Crippen LogP contribution >= 0.6 is 0 Å². The first-order valence-corrected chi connectivity index (χ1v) is 5.18. The average Bonchev–Trinajstić information content (AvgIpc) is 2.31. The van der Waals surface area contributed by atoms with Crippen LogP contribution in [0.25, 0.3) is 0 Å². The Morgan fingerprint density at radius 3 is 2.00 bits per heavy atom. The van der Waals surface area contributed by atoms with Gasteiger partial charge in [-0.1, -0.05) is 0 Å². The minimum atomic E-state index is -3.66. The first kappa shape index (κ1) is 9.18. The molecule has 0 atom stereocenters. The van der Waals surface area contributed by atoms with Gasteiger partial charge >= 0.3 is 0 Å². The minimum Gasteiger partial charge on any atom is -0.273 e. The number of imide groups is 1. The topological polar surface area (TPSA) is 71.5 Å². The number of amides is 2. The summed E-state index contributed by atoms with van der Waals surface area (Å²) in [6.07, 6.45) is 0.0239. The summed E-state index contributed by atoms with van der Waals surface area (Å²) in [7, 11) is -3.66. The highest BCUT2D eigenvalue weighted by Crippen LogP contribution is 2.16. The zero-order valence-corrected chi connectivity index (χ0v) is 7.43. The number of hydrogen-bond donors (Lipinski definition) is 0. The summed E-state index contributed by atoms with van der Waals surface area (Å²) in [5.41, 5.74) is 0. The average molecular weight is 191 g/mol. The number of carbonyl (C=O) groups excluding carboxylic acids is 2. The maximum absolute atomic E-state index is 11.1. The van der Waals surface area contributed by atoms with Gasteiger partial charge in [0.25, 0.3) is 0 Å². The van der Waals surface area contributed by atoms with Crippen LogP contribution in [0.5, 0.6) is 0 Å². The molecule has 0 aromatic heterocycles. The Kier molecular flexibility index (Phi) is 2.18. The first-order chi connectivity index (χ1) is 5.49. The maximum Gasteiger partial charge on any atom is 0.243 e. The summed E-state index contributed by atoms with van der Waals surface area (Å²) in [5.74, 6) is -1.44. The van der Waals surface area contributed by atoms with Crippen LogP contribution < -0.4 is 0 Å². The van der Waals surface area contributed by atoms with E-state index in [0.29, 0.717) is 4.31 Å². The second-order valence-electron chi connectivity index (χ2n) is 2.45. The van der Waals surface area contributed by atoms with Gasteiger partial charge in [-0.3, -0.25) is 9.59 Å². The Morgan fingerprint density at radius 2 is 1.67 bits per heavy atom. The summed E-state index contributed by atoms with van der Waals surface area (Å²) in [4.78, 5) is 21.8. The van der Waals surface area contributed by atoms with Gasteiger partial charge in [-0.25, -0.2) is 8.42 Å². The van der Waals surface area contributed by atoms with Crippen LogP contribution in [-0.4, -0.2) is 30.3 Å². The second kappa shape index (κ2) is 2.85. The van der Waals surface area contributed by atoms with Crippen molar-refractivity contribution in [3.63, 3.8) is 0 Å². The predicted octanol–water partition coefficient (Wildman–Crippen LogP) is -0.515. The van der Waals surface area contributed by atoms with E-state index >= 15 is 0 Å². The van der Waals surface area contributed by atoms with Gasteiger partial charge in [0.1, 0.15) is 0 Å². The molecule has 0 aliphatic carbocycles. The van der Waals surface area contributed by atoms with Crippen molar-refractivity contribution in [2.75, 3.05) is 5.75 Å². The molecule has 5 nitrogen and oxygen atoms in total. The van der Waals surface area contributed by atoms with E-state index in [2.05, 4.69) is 0 Å². The number of hydrogen-bond acceptors (Lipinski definition) is 4. The van der Waals surface area contributed by atoms with Crippen molar-refractivity contribution in [2.24, 2.45) is 0 Å². The smallest absolute Gasteiger partial charge is 0.243 e. The number of nitrogens with zero attached hydrogens (tertiary/aromatic N) is 1. The lowest BCUT2D eigenvalue weighted by molar-refractivity contribution is -0.132. The lowest BCUT2D eigenvalue weighted by Crippen LogP contribution is -2.36. The zero-order valence-electron chi connectivity index (χ0n) is 6.61. The van der Waals surface area contributed by atoms with Gasteiger partial charge in [0, 0.05) is 12.8 Å². The highest BCUT2D eigenvalue weighted by molar-refractivity contribution is 7.90. The van der Waals surface area contributed by atoms with Crippen molar-refractivity contribution in [3.05, 3.63) is 0 Å². The molecule has 2 amide bonds. The van der Waals surface area contributed by atoms with Crippen molar-refractivity contribution in [2.45, 2.75) is 19.8 Å². The molecular formula is C6H9NO4S. The summed E-state index contributed by atoms with van der Waals surface area (Å²) >= 11 is 0. The van der Waals surface area contributed by atoms with Gasteiger partial charge in [-0.05, 0) is 6.92 Å². The van der Waals surface area contributed by atoms with Crippen LogP contribution in [0.3, 0.4) is 0 Å². The molecule has 1 aliphatic rings. The van der Waals surface area contributed by atoms with E-state index in [1.165, 1.54) is 6.92 Å². The number of carbonyl (C=O) groups is 2. The van der Waals surface area contributed by atoms with Crippen LogP contribution in [0, 0.1) is 0 Å². The largest absolute Gasteiger partial charge is 0.273 e. The Bertz CT molecular complexity index is 302. The molecule has 1 heterocycles. The fourth-order valence-corrected chi connectivity index (χ4v) is 2.06. The van der Waals surface area contributed by atoms with Crippen LogP contribution in [0.15, 0.2) is 0 Å². The molecule has 0 unspecified atom stereocenters. The maximum atomic E-state index is 11.1. The predicted molar refractivity (Wildman–Crippen MR) is 40.5 cm³/mol. The van der Waals surface area contributed by atoms with E-state index in [1.54, 1.807) is 0 Å². The van der Waals surface area contributed by atoms with Gasteiger partial charge < -0.3 is 0 Å². The molecule has 12 heavy (non-hydrogen) atoms. The molecule has 68 valence electrons. The highest BCUT2D eigenvalue weighted by atomic mass is 32.2. The second-order valence-corrected chi connectivity index (χ2v) is 4.56. The number of sulfonamides is 1. The van der Waals surface area contributed by atoms with E-state index in [0.717, 1.165) is 0 Å². The van der Waals surface area contributed by atoms with Gasteiger partial charge in [-0.2, -0.15) is 4.31 Å². The van der Waals surface area contributed by atoms with Crippen LogP contribution in [-0.2, 0) is 19.6 Å². The zero-order chi connectivity index (χ0) is 9.35. The molecule has 0 aromatic rings. The Morgan fingerprint density at radius 1 is 1.25 bits per heavy atom. The van der Waals surface area contributed by atoms with Crippen molar-refractivity contribution >= 4 is 21.8 Å². The molecule has 0 N–H and O–H groups in total. The summed E-state index contributed by atoms with van der Waals surface area (Å²) < 4.78 is 22.6. The van der Waals surface area contributed by atoms with E-state index in [1.807, 2.05) is 0 Å². The quantitative estimate of drug-likeness (QED) is 0.551. The third-order valence-corrected chi connectivity index (χ3v) is 3.34. The van der Waals surface area contributed by atoms with Gasteiger partial charge in [0.15, 0.2) is 0 Å². The highest BCUT2D eigenvalue weighted by Gasteiger charge is 2.37. The van der Waals surface area contributed by atoms with E-state index in [4.69, 9.17) is 0 Å². The van der Waals surface area contributed by atoms with Crippen molar-refractivity contribution in [3.8, 4) is 0 Å². The van der Waals surface area contributed by atoms with Crippen LogP contribution in [0.1, 0.15) is 19.8 Å². The Labute approximate surface area is 70.4 Å². The standard InChI is InChI=1S/C6H9NO4S/c1-2-12(10,11)7-5(8)3-4-6(7)9/h2-4H2,1H3. The van der Waals surface area contributed by atoms with Crippen LogP contribution in [0.2, 0.25) is 0 Å². The fraction of sp³-hybridized carbons (Fsp3) is 0.667. The van der Waals surface area contributed by atoms with Crippen molar-refractivity contribution < 1.29 is 18.0 Å². The molecule has 0 aromatic carbocycles. The Hall–Kier alpha value is -0.910. The molecule has 0 spiro atoms. The van der Waals surface area contributed by atoms with Crippen molar-refractivity contribution in [1.82, 2.24) is 4.31 Å². The summed E-state index contributed by atoms with van der Waals surface area (Å²) in [6.45, 7) is 1.40. The first-order valence-electron chi connectivity index (χ1n) is 3.57. The Balaban J connectivity index is 3.02. The molecule has 1 saturated heterocycles. The van der Waals surface area contributed by atoms with Gasteiger partial charge in [0.2, 0.25) is 21.8 Å². The summed E-state index contributed by atoms with van der Waals surface area (Å²) in [5, 5.41) is 0. The van der Waals surface area contributed by atoms with E-state index < -0.39 is 21.8 Å². The summed E-state index contributed by atoms with van der Waals surface area (Å²) in [6, 6.07) is 0. The lowest BCUT2D eigenvalue weighted by atomic mass is 10.4. The molecule has 1 fully saturated rings. The molecule has 0 saturated carbocycles. The van der Waals surface area contributed by atoms with E-state index in [9.17, 15) is 18.0 Å². The molecule has 1 rings (SSSR count). The van der Waals surface area contributed by atoms with Gasteiger partial charge in [-0.15, -0.1) is 0 Å². The fourth-order valence-electron chi connectivity index (χ4n) is 0.995. The number of rotatable bonds is 2. The van der Waals surface area contributed by atoms with Gasteiger partial charge in [0.05, 0.1) is 5.75 Å². The lowest BCUT2D eigenvalue weighted by Gasteiger charge is -2.11. The molecule has 0 radical (unpaired) electrons. The minimum absolute atomic E-state index is 0.0120. The molecule has 1 aliphatic heterocycles. The monoisotopic (exact) mass is 191 g/mol. The van der Waals surface area contributed by atoms with Crippen molar-refractivity contribution in [1.29, 1.82) is 0 Å². The molecular weight excluding hydrogens is 182 g/mol. The van der Waals surface area contributed by atoms with Crippen LogP contribution in [0.4, 0.5) is 0 Å². The molecule has 6 heteroatoms. The molecule has 0 bridgehead atoms. The van der Waals surface area contributed by atoms with E-state index in [-0.39, 0.29) is 18.6 Å². The third-order valence-electron chi connectivity index (χ3n) is 1.65. The third kappa shape index (κ3) is 1.34. The normalized spacial score (nSPS) is 18.9.